The van der Waals surface area contributed by atoms with Gasteiger partial charge in [0.05, 0.1) is 17.8 Å². The van der Waals surface area contributed by atoms with E-state index in [0.717, 1.165) is 22.3 Å². The van der Waals surface area contributed by atoms with E-state index in [1.165, 1.54) is 5.56 Å². The number of hydrogen-bond donors (Lipinski definition) is 2. The summed E-state index contributed by atoms with van der Waals surface area (Å²) >= 11 is 4.83. The number of hydrazone groups is 1. The minimum Gasteiger partial charge on any atom is -0.375 e. The lowest BCUT2D eigenvalue weighted by molar-refractivity contribution is 0.698. The van der Waals surface area contributed by atoms with Gasteiger partial charge in [-0.25, -0.2) is 4.68 Å². The van der Waals surface area contributed by atoms with Gasteiger partial charge >= 0.3 is 0 Å². The molecule has 0 radical (unpaired) electrons. The van der Waals surface area contributed by atoms with Crippen molar-refractivity contribution in [3.63, 3.8) is 0 Å². The highest BCUT2D eigenvalue weighted by molar-refractivity contribution is 7.80. The number of benzene rings is 2. The molecule has 0 aliphatic heterocycles. The summed E-state index contributed by atoms with van der Waals surface area (Å²) in [6.45, 7) is 2.50. The minimum atomic E-state index is 0.123. The molecule has 3 rings (SSSR count). The number of para-hydroxylation sites is 1. The number of nitrogens with two attached hydrogens (primary N) is 1. The van der Waals surface area contributed by atoms with E-state index >= 15 is 0 Å². The van der Waals surface area contributed by atoms with E-state index in [4.69, 9.17) is 18.0 Å². The molecule has 0 spiro atoms. The van der Waals surface area contributed by atoms with Gasteiger partial charge in [0.25, 0.3) is 0 Å². The van der Waals surface area contributed by atoms with Gasteiger partial charge in [-0.1, -0.05) is 47.2 Å². The average Bonchev–Trinajstić information content (AvgIpc) is 2.95. The van der Waals surface area contributed by atoms with Crippen LogP contribution in [-0.2, 0) is 6.54 Å². The Hall–Kier alpha value is -2.80. The Morgan fingerprint density at radius 1 is 1.22 bits per heavy atom. The molecule has 23 heavy (non-hydrogen) atoms. The normalized spacial score (nSPS) is 11.6. The van der Waals surface area contributed by atoms with Crippen molar-refractivity contribution in [3.05, 3.63) is 59.7 Å². The van der Waals surface area contributed by atoms with Crippen LogP contribution in [0.1, 0.15) is 11.1 Å². The molecule has 0 saturated heterocycles. The van der Waals surface area contributed by atoms with Gasteiger partial charge in [-0.15, -0.1) is 5.10 Å². The van der Waals surface area contributed by atoms with Crippen LogP contribution in [0.3, 0.4) is 0 Å². The van der Waals surface area contributed by atoms with Gasteiger partial charge in [-0.2, -0.15) is 5.10 Å². The summed E-state index contributed by atoms with van der Waals surface area (Å²) < 4.78 is 1.80. The molecule has 116 valence electrons. The number of nitrogens with one attached hydrogen (secondary N) is 1. The van der Waals surface area contributed by atoms with E-state index in [1.807, 2.05) is 55.5 Å². The summed E-state index contributed by atoms with van der Waals surface area (Å²) in [4.78, 5) is 0. The van der Waals surface area contributed by atoms with Crippen LogP contribution in [-0.4, -0.2) is 25.8 Å². The fourth-order valence-corrected chi connectivity index (χ4v) is 2.28. The van der Waals surface area contributed by atoms with E-state index < -0.39 is 0 Å². The molecule has 0 saturated carbocycles. The summed E-state index contributed by atoms with van der Waals surface area (Å²) in [5, 5.41) is 12.8. The summed E-state index contributed by atoms with van der Waals surface area (Å²) in [6, 6.07) is 15.9. The number of aryl methyl sites for hydroxylation is 1. The van der Waals surface area contributed by atoms with Crippen molar-refractivity contribution in [2.75, 3.05) is 0 Å². The maximum atomic E-state index is 5.49. The Bertz CT molecular complexity index is 866. The zero-order valence-electron chi connectivity index (χ0n) is 12.6. The number of thiocarbonyl (C=S) groups is 1. The van der Waals surface area contributed by atoms with Gasteiger partial charge in [0.15, 0.2) is 5.11 Å². The predicted octanol–water partition coefficient (Wildman–Crippen LogP) is 1.98. The zero-order chi connectivity index (χ0) is 16.2. The minimum absolute atomic E-state index is 0.123. The van der Waals surface area contributed by atoms with Crippen LogP contribution < -0.4 is 11.2 Å². The van der Waals surface area contributed by atoms with Crippen molar-refractivity contribution in [2.24, 2.45) is 10.8 Å². The molecule has 0 aliphatic rings. The fraction of sp³-hybridized carbons (Fsp3) is 0.125. The molecule has 0 aliphatic carbocycles. The monoisotopic (exact) mass is 324 g/mol. The molecular formula is C16H16N6S. The van der Waals surface area contributed by atoms with Crippen molar-refractivity contribution in [2.45, 2.75) is 13.5 Å². The number of aromatic nitrogens is 3. The standard InChI is InChI=1S/C16H16N6S/c1-11-6-8-12(9-7-11)14(18-20-16(17)23)10-22-15-5-3-2-4-13(15)19-21-22/h2-9H,10H2,1H3,(H3,17,20,23). The Balaban J connectivity index is 1.96. The van der Waals surface area contributed by atoms with Crippen LogP contribution in [0.15, 0.2) is 53.6 Å². The third kappa shape index (κ3) is 3.51. The summed E-state index contributed by atoms with van der Waals surface area (Å²) in [6.07, 6.45) is 0. The van der Waals surface area contributed by atoms with Crippen LogP contribution in [0, 0.1) is 6.92 Å². The van der Waals surface area contributed by atoms with E-state index in [2.05, 4.69) is 20.8 Å². The van der Waals surface area contributed by atoms with E-state index in [9.17, 15) is 0 Å². The average molecular weight is 324 g/mol. The van der Waals surface area contributed by atoms with Crippen LogP contribution in [0.2, 0.25) is 0 Å². The van der Waals surface area contributed by atoms with Crippen LogP contribution >= 0.6 is 12.2 Å². The molecule has 0 fully saturated rings. The molecule has 3 N–H and O–H groups in total. The third-order valence-corrected chi connectivity index (χ3v) is 3.50. The largest absolute Gasteiger partial charge is 0.375 e. The zero-order valence-corrected chi connectivity index (χ0v) is 13.4. The second kappa shape index (κ2) is 6.53. The van der Waals surface area contributed by atoms with Gasteiger partial charge in [-0.05, 0) is 36.8 Å². The number of rotatable bonds is 4. The first kappa shape index (κ1) is 15.1. The van der Waals surface area contributed by atoms with Crippen molar-refractivity contribution < 1.29 is 0 Å². The first-order valence-corrected chi connectivity index (χ1v) is 7.51. The third-order valence-electron chi connectivity index (χ3n) is 3.41. The molecule has 0 bridgehead atoms. The Morgan fingerprint density at radius 3 is 2.70 bits per heavy atom. The highest BCUT2D eigenvalue weighted by Gasteiger charge is 2.10. The highest BCUT2D eigenvalue weighted by Crippen LogP contribution is 2.12. The molecule has 0 unspecified atom stereocenters. The second-order valence-electron chi connectivity index (χ2n) is 5.14. The lowest BCUT2D eigenvalue weighted by atomic mass is 10.1. The Labute approximate surface area is 139 Å². The second-order valence-corrected chi connectivity index (χ2v) is 5.58. The lowest BCUT2D eigenvalue weighted by Gasteiger charge is -2.08. The molecule has 0 atom stereocenters. The molecular weight excluding hydrogens is 308 g/mol. The smallest absolute Gasteiger partial charge is 0.184 e. The summed E-state index contributed by atoms with van der Waals surface area (Å²) in [5.74, 6) is 0. The number of hydrogen-bond acceptors (Lipinski definition) is 4. The molecule has 6 nitrogen and oxygen atoms in total. The number of fused-ring (bicyclic) bond motifs is 1. The molecule has 2 aromatic carbocycles. The maximum Gasteiger partial charge on any atom is 0.184 e. The maximum absolute atomic E-state index is 5.49. The topological polar surface area (TPSA) is 81.1 Å². The van der Waals surface area contributed by atoms with Crippen molar-refractivity contribution in [1.29, 1.82) is 0 Å². The van der Waals surface area contributed by atoms with E-state index in [-0.39, 0.29) is 5.11 Å². The molecule has 0 amide bonds. The fourth-order valence-electron chi connectivity index (χ4n) is 2.24. The number of nitrogens with zero attached hydrogens (tertiary/aromatic N) is 4. The van der Waals surface area contributed by atoms with Gasteiger partial charge in [0.2, 0.25) is 0 Å². The predicted molar refractivity (Wildman–Crippen MR) is 95.2 cm³/mol. The summed E-state index contributed by atoms with van der Waals surface area (Å²) in [5.41, 5.74) is 12.9. The Kier molecular flexibility index (Phi) is 4.29. The van der Waals surface area contributed by atoms with Gasteiger partial charge in [-0.3, -0.25) is 5.43 Å². The lowest BCUT2D eigenvalue weighted by Crippen LogP contribution is -2.27. The first-order chi connectivity index (χ1) is 11.1. The molecule has 1 aromatic heterocycles. The SMILES string of the molecule is Cc1ccc(C(Cn2nnc3ccccc32)=NNC(N)=S)cc1. The van der Waals surface area contributed by atoms with Gasteiger partial charge in [0.1, 0.15) is 5.52 Å². The van der Waals surface area contributed by atoms with Gasteiger partial charge in [0, 0.05) is 0 Å². The van der Waals surface area contributed by atoms with Gasteiger partial charge < -0.3 is 5.73 Å². The molecule has 7 heteroatoms. The Morgan fingerprint density at radius 2 is 1.96 bits per heavy atom. The van der Waals surface area contributed by atoms with Crippen LogP contribution in [0.4, 0.5) is 0 Å². The van der Waals surface area contributed by atoms with Crippen molar-refractivity contribution in [3.8, 4) is 0 Å². The first-order valence-electron chi connectivity index (χ1n) is 7.11. The quantitative estimate of drug-likeness (QED) is 0.436. The summed E-state index contributed by atoms with van der Waals surface area (Å²) in [7, 11) is 0. The van der Waals surface area contributed by atoms with Crippen molar-refractivity contribution in [1.82, 2.24) is 20.4 Å². The van der Waals surface area contributed by atoms with E-state index in [1.54, 1.807) is 4.68 Å². The molecule has 3 aromatic rings. The highest BCUT2D eigenvalue weighted by atomic mass is 32.1. The molecule has 1 heterocycles. The van der Waals surface area contributed by atoms with Crippen molar-refractivity contribution >= 4 is 34.1 Å². The van der Waals surface area contributed by atoms with Crippen LogP contribution in [0.25, 0.3) is 11.0 Å². The van der Waals surface area contributed by atoms with E-state index in [0.29, 0.717) is 6.54 Å². The van der Waals surface area contributed by atoms with Crippen LogP contribution in [0.5, 0.6) is 0 Å².